The van der Waals surface area contributed by atoms with Crippen LogP contribution in [0.25, 0.3) is 10.9 Å². The Morgan fingerprint density at radius 3 is 2.66 bits per heavy atom. The van der Waals surface area contributed by atoms with Gasteiger partial charge in [0.2, 0.25) is 11.8 Å². The number of nitrogens with zero attached hydrogens (tertiary/aromatic N) is 1. The van der Waals surface area contributed by atoms with Crippen LogP contribution in [0.15, 0.2) is 48.5 Å². The molecule has 1 fully saturated rings. The Bertz CT molecular complexity index is 1320. The third-order valence-corrected chi connectivity index (χ3v) is 8.11. The average molecular weight is 561 g/mol. The molecule has 2 atom stereocenters. The fraction of sp³-hybridized carbons (Fsp3) is 0.485. The highest BCUT2D eigenvalue weighted by atomic mass is 16.5. The van der Waals surface area contributed by atoms with Crippen LogP contribution >= 0.6 is 0 Å². The van der Waals surface area contributed by atoms with Gasteiger partial charge in [0, 0.05) is 42.7 Å². The molecule has 220 valence electrons. The smallest absolute Gasteiger partial charge is 0.242 e. The number of aryl methyl sites for hydroxylation is 1. The van der Waals surface area contributed by atoms with Gasteiger partial charge < -0.3 is 30.0 Å². The van der Waals surface area contributed by atoms with Crippen LogP contribution in [0.4, 0.5) is 0 Å². The average Bonchev–Trinajstić information content (AvgIpc) is 3.56. The molecule has 8 nitrogen and oxygen atoms in total. The highest BCUT2D eigenvalue weighted by Gasteiger charge is 2.25. The molecule has 8 heteroatoms. The Kier molecular flexibility index (Phi) is 11.0. The first-order valence-corrected chi connectivity index (χ1v) is 14.8. The van der Waals surface area contributed by atoms with Gasteiger partial charge in [-0.15, -0.1) is 0 Å². The minimum atomic E-state index is -0.615. The molecule has 2 heterocycles. The maximum Gasteiger partial charge on any atom is 0.242 e. The second-order valence-corrected chi connectivity index (χ2v) is 11.2. The lowest BCUT2D eigenvalue weighted by Gasteiger charge is -2.21. The number of carbonyl (C=O) groups is 3. The van der Waals surface area contributed by atoms with Gasteiger partial charge in [-0.1, -0.05) is 43.2 Å². The monoisotopic (exact) mass is 560 g/mol. The van der Waals surface area contributed by atoms with Crippen LogP contribution in [-0.4, -0.2) is 66.8 Å². The van der Waals surface area contributed by atoms with E-state index in [1.807, 2.05) is 31.2 Å². The summed E-state index contributed by atoms with van der Waals surface area (Å²) in [5, 5.41) is 7.02. The molecule has 0 radical (unpaired) electrons. The molecular weight excluding hydrogens is 516 g/mol. The van der Waals surface area contributed by atoms with Crippen molar-refractivity contribution >= 4 is 28.5 Å². The van der Waals surface area contributed by atoms with Crippen LogP contribution in [0, 0.1) is 6.92 Å². The molecule has 1 aliphatic rings. The number of methoxy groups -OCH3 is 1. The maximum absolute atomic E-state index is 13.3. The number of aromatic amines is 1. The highest BCUT2D eigenvalue weighted by molar-refractivity contribution is 5.93. The fourth-order valence-corrected chi connectivity index (χ4v) is 5.78. The quantitative estimate of drug-likeness (QED) is 0.235. The van der Waals surface area contributed by atoms with E-state index < -0.39 is 6.04 Å². The molecule has 1 aliphatic heterocycles. The summed E-state index contributed by atoms with van der Waals surface area (Å²) < 4.78 is 5.38. The second kappa shape index (κ2) is 14.8. The number of Topliss-reactive ketones (excluding diaryl/α,β-unsaturated/α-hetero) is 1. The maximum atomic E-state index is 13.3. The number of ether oxygens (including phenoxy) is 1. The molecule has 3 aromatic rings. The molecule has 3 N–H and O–H groups in total. The van der Waals surface area contributed by atoms with E-state index in [9.17, 15) is 14.4 Å². The number of H-pyrrole nitrogens is 1. The molecule has 0 spiro atoms. The number of likely N-dealkylation sites (tertiary alicyclic amines) is 1. The largest absolute Gasteiger partial charge is 0.497 e. The zero-order chi connectivity index (χ0) is 29.2. The molecule has 2 amide bonds. The molecule has 0 bridgehead atoms. The van der Waals surface area contributed by atoms with Crippen LogP contribution in [0.5, 0.6) is 5.75 Å². The molecule has 2 aromatic carbocycles. The molecule has 0 saturated carbocycles. The van der Waals surface area contributed by atoms with Gasteiger partial charge in [-0.3, -0.25) is 9.59 Å². The minimum absolute atomic E-state index is 0.152. The van der Waals surface area contributed by atoms with Crippen LogP contribution in [0.3, 0.4) is 0 Å². The van der Waals surface area contributed by atoms with Crippen molar-refractivity contribution in [1.82, 2.24) is 20.5 Å². The summed E-state index contributed by atoms with van der Waals surface area (Å²) in [5.41, 5.74) is 4.14. The summed E-state index contributed by atoms with van der Waals surface area (Å²) in [5.74, 6) is 1.10. The number of unbranched alkanes of at least 4 members (excludes halogenated alkanes) is 2. The summed E-state index contributed by atoms with van der Waals surface area (Å²) in [6.07, 6.45) is 4.78. The van der Waals surface area contributed by atoms with Crippen LogP contribution in [-0.2, 0) is 20.8 Å². The molecule has 1 saturated heterocycles. The first kappa shape index (κ1) is 30.3. The predicted octanol–water partition coefficient (Wildman–Crippen LogP) is 4.66. The molecule has 4 rings (SSSR count). The summed E-state index contributed by atoms with van der Waals surface area (Å²) in [7, 11) is 1.62. The summed E-state index contributed by atoms with van der Waals surface area (Å²) >= 11 is 0. The minimum Gasteiger partial charge on any atom is -0.497 e. The molecular formula is C33H44N4O4. The highest BCUT2D eigenvalue weighted by Crippen LogP contribution is 2.27. The number of hydrogen-bond donors (Lipinski definition) is 3. The topological polar surface area (TPSA) is 104 Å². The van der Waals surface area contributed by atoms with E-state index in [4.69, 9.17) is 4.74 Å². The lowest BCUT2D eigenvalue weighted by atomic mass is 9.99. The SMILES string of the molecule is COc1ccc2[nH]c(C)c(CC(=O)N[C@@H](CCCCCC(C)=O)C(=O)NCCN3CCC(c4ccccc4)C3)c2c1. The van der Waals surface area contributed by atoms with Crippen molar-refractivity contribution in [3.8, 4) is 5.75 Å². The van der Waals surface area contributed by atoms with Gasteiger partial charge in [-0.25, -0.2) is 0 Å². The summed E-state index contributed by atoms with van der Waals surface area (Å²) in [6, 6.07) is 15.7. The molecule has 0 aliphatic carbocycles. The third kappa shape index (κ3) is 8.67. The van der Waals surface area contributed by atoms with Gasteiger partial charge in [0.25, 0.3) is 0 Å². The van der Waals surface area contributed by atoms with Crippen molar-refractivity contribution in [1.29, 1.82) is 0 Å². The fourth-order valence-electron chi connectivity index (χ4n) is 5.78. The van der Waals surface area contributed by atoms with Crippen LogP contribution < -0.4 is 15.4 Å². The lowest BCUT2D eigenvalue weighted by Crippen LogP contribution is -2.48. The van der Waals surface area contributed by atoms with Gasteiger partial charge in [-0.2, -0.15) is 0 Å². The Labute approximate surface area is 243 Å². The molecule has 41 heavy (non-hydrogen) atoms. The van der Waals surface area contributed by atoms with E-state index in [1.165, 1.54) is 5.56 Å². The van der Waals surface area contributed by atoms with E-state index >= 15 is 0 Å². The van der Waals surface area contributed by atoms with Crippen molar-refractivity contribution in [2.45, 2.75) is 70.8 Å². The number of carbonyl (C=O) groups excluding carboxylic acids is 3. The lowest BCUT2D eigenvalue weighted by molar-refractivity contribution is -0.128. The van der Waals surface area contributed by atoms with Crippen molar-refractivity contribution in [3.63, 3.8) is 0 Å². The van der Waals surface area contributed by atoms with Crippen LogP contribution in [0.2, 0.25) is 0 Å². The van der Waals surface area contributed by atoms with Gasteiger partial charge in [0.05, 0.1) is 13.5 Å². The zero-order valence-corrected chi connectivity index (χ0v) is 24.6. The first-order valence-electron chi connectivity index (χ1n) is 14.8. The number of aromatic nitrogens is 1. The Hall–Kier alpha value is -3.65. The summed E-state index contributed by atoms with van der Waals surface area (Å²) in [4.78, 5) is 43.5. The first-order chi connectivity index (χ1) is 19.8. The Morgan fingerprint density at radius 1 is 1.10 bits per heavy atom. The predicted molar refractivity (Wildman–Crippen MR) is 162 cm³/mol. The van der Waals surface area contributed by atoms with E-state index in [1.54, 1.807) is 14.0 Å². The molecule has 1 unspecified atom stereocenters. The Morgan fingerprint density at radius 2 is 1.90 bits per heavy atom. The summed E-state index contributed by atoms with van der Waals surface area (Å²) in [6.45, 7) is 6.88. The van der Waals surface area contributed by atoms with Crippen molar-refractivity contribution in [2.75, 3.05) is 33.3 Å². The van der Waals surface area contributed by atoms with Gasteiger partial charge >= 0.3 is 0 Å². The zero-order valence-electron chi connectivity index (χ0n) is 24.6. The Balaban J connectivity index is 1.32. The number of hydrogen-bond acceptors (Lipinski definition) is 5. The molecule has 1 aromatic heterocycles. The standard InChI is InChI=1S/C33H44N4O4/c1-23(38)10-6-4-9-13-31(33(40)34-17-19-37-18-16-26(22-37)25-11-7-5-8-12-25)36-32(39)21-28-24(2)35-30-15-14-27(41-3)20-29(28)30/h5,7-8,11-12,14-15,20,26,31,35H,4,6,9-10,13,16-19,21-22H2,1-3H3,(H,34,40)(H,36,39)/t26?,31-/m0/s1. The second-order valence-electron chi connectivity index (χ2n) is 11.2. The van der Waals surface area contributed by atoms with Crippen molar-refractivity contribution < 1.29 is 19.1 Å². The van der Waals surface area contributed by atoms with Crippen molar-refractivity contribution in [2.24, 2.45) is 0 Å². The number of rotatable bonds is 15. The van der Waals surface area contributed by atoms with E-state index in [0.717, 1.165) is 73.2 Å². The third-order valence-electron chi connectivity index (χ3n) is 8.11. The van der Waals surface area contributed by atoms with E-state index in [0.29, 0.717) is 25.3 Å². The van der Waals surface area contributed by atoms with E-state index in [2.05, 4.69) is 44.8 Å². The van der Waals surface area contributed by atoms with Crippen molar-refractivity contribution in [3.05, 3.63) is 65.4 Å². The number of nitrogens with one attached hydrogen (secondary N) is 3. The van der Waals surface area contributed by atoms with Crippen LogP contribution in [0.1, 0.15) is 68.2 Å². The van der Waals surface area contributed by atoms with E-state index in [-0.39, 0.29) is 24.0 Å². The number of amides is 2. The van der Waals surface area contributed by atoms with Gasteiger partial charge in [0.1, 0.15) is 17.6 Å². The van der Waals surface area contributed by atoms with Gasteiger partial charge in [0.15, 0.2) is 0 Å². The normalized spacial score (nSPS) is 16.0. The number of benzene rings is 2. The van der Waals surface area contributed by atoms with Gasteiger partial charge in [-0.05, 0) is 74.9 Å². The number of ketones is 1. The number of fused-ring (bicyclic) bond motifs is 1.